The van der Waals surface area contributed by atoms with Crippen LogP contribution in [0, 0.1) is 0 Å². The van der Waals surface area contributed by atoms with E-state index in [1.807, 2.05) is 47.4 Å². The number of Topliss-reactive ketones (excluding diaryl/α,β-unsaturated/α-hetero) is 1. The minimum Gasteiger partial charge on any atom is -0.379 e. The van der Waals surface area contributed by atoms with Gasteiger partial charge in [0.1, 0.15) is 11.8 Å². The van der Waals surface area contributed by atoms with Gasteiger partial charge in [-0.05, 0) is 17.7 Å². The first kappa shape index (κ1) is 17.6. The smallest absolute Gasteiger partial charge is 0.239 e. The molecule has 0 radical (unpaired) electrons. The van der Waals surface area contributed by atoms with Crippen LogP contribution in [0.5, 0.6) is 0 Å². The number of amidine groups is 1. The Hall–Kier alpha value is -2.83. The molecule has 1 fully saturated rings. The number of amides is 1. The lowest BCUT2D eigenvalue weighted by Gasteiger charge is -2.28. The second kappa shape index (κ2) is 7.82. The number of hydrogen-bond acceptors (Lipinski definition) is 5. The third-order valence-corrected chi connectivity index (χ3v) is 4.82. The maximum Gasteiger partial charge on any atom is 0.239 e. The highest BCUT2D eigenvalue weighted by Crippen LogP contribution is 2.33. The van der Waals surface area contributed by atoms with Crippen LogP contribution in [0.1, 0.15) is 21.8 Å². The average molecular weight is 363 g/mol. The zero-order valence-electron chi connectivity index (χ0n) is 14.9. The van der Waals surface area contributed by atoms with Gasteiger partial charge in [-0.25, -0.2) is 4.99 Å². The molecule has 1 atom stereocenters. The first-order valence-electron chi connectivity index (χ1n) is 9.09. The summed E-state index contributed by atoms with van der Waals surface area (Å²) in [6, 6.07) is 16.7. The molecule has 0 aliphatic carbocycles. The van der Waals surface area contributed by atoms with E-state index < -0.39 is 5.92 Å². The number of rotatable bonds is 3. The van der Waals surface area contributed by atoms with Gasteiger partial charge in [-0.3, -0.25) is 14.5 Å². The van der Waals surface area contributed by atoms with Gasteiger partial charge in [0.2, 0.25) is 5.91 Å². The summed E-state index contributed by atoms with van der Waals surface area (Å²) in [5, 5.41) is 2.89. The quantitative estimate of drug-likeness (QED) is 0.907. The molecule has 0 saturated carbocycles. The van der Waals surface area contributed by atoms with Gasteiger partial charge in [0.15, 0.2) is 5.78 Å². The summed E-state index contributed by atoms with van der Waals surface area (Å²) in [6.45, 7) is 2.98. The first-order chi connectivity index (χ1) is 13.2. The molecule has 6 nitrogen and oxygen atoms in total. The fourth-order valence-corrected chi connectivity index (χ4v) is 3.45. The maximum absolute atomic E-state index is 13.1. The van der Waals surface area contributed by atoms with Gasteiger partial charge in [0, 0.05) is 18.7 Å². The molecule has 0 aromatic heterocycles. The van der Waals surface area contributed by atoms with Crippen LogP contribution in [0.3, 0.4) is 0 Å². The SMILES string of the molecule is O=C(CN1CCOCC1)NC1=Nc2ccccc2C(=O)C1c1ccccc1. The number of hydrogen-bond donors (Lipinski definition) is 1. The number of carbonyl (C=O) groups excluding carboxylic acids is 2. The van der Waals surface area contributed by atoms with Crippen molar-refractivity contribution < 1.29 is 14.3 Å². The molecule has 6 heteroatoms. The summed E-state index contributed by atoms with van der Waals surface area (Å²) in [7, 11) is 0. The van der Waals surface area contributed by atoms with Crippen molar-refractivity contribution in [2.24, 2.45) is 4.99 Å². The number of carbonyl (C=O) groups is 2. The number of nitrogens with zero attached hydrogens (tertiary/aromatic N) is 2. The van der Waals surface area contributed by atoms with Gasteiger partial charge in [-0.15, -0.1) is 0 Å². The lowest BCUT2D eigenvalue weighted by atomic mass is 9.86. The van der Waals surface area contributed by atoms with Crippen LogP contribution >= 0.6 is 0 Å². The van der Waals surface area contributed by atoms with E-state index in [9.17, 15) is 9.59 Å². The lowest BCUT2D eigenvalue weighted by molar-refractivity contribution is -0.121. The molecule has 2 aliphatic rings. The Morgan fingerprint density at radius 2 is 1.78 bits per heavy atom. The minimum atomic E-state index is -0.602. The number of ether oxygens (including phenoxy) is 1. The van der Waals surface area contributed by atoms with Gasteiger partial charge in [0.25, 0.3) is 0 Å². The third-order valence-electron chi connectivity index (χ3n) is 4.82. The zero-order chi connectivity index (χ0) is 18.6. The largest absolute Gasteiger partial charge is 0.379 e. The van der Waals surface area contributed by atoms with E-state index in [1.165, 1.54) is 0 Å². The van der Waals surface area contributed by atoms with Crippen LogP contribution in [-0.2, 0) is 9.53 Å². The van der Waals surface area contributed by atoms with Crippen LogP contribution in [0.25, 0.3) is 0 Å². The normalized spacial score (nSPS) is 19.9. The Balaban J connectivity index is 1.61. The lowest BCUT2D eigenvalue weighted by Crippen LogP contribution is -2.47. The standard InChI is InChI=1S/C21H21N3O3/c25-18(14-24-10-12-27-13-11-24)23-21-19(15-6-2-1-3-7-15)20(26)16-8-4-5-9-17(16)22-21/h1-9,19H,10-14H2,(H,22,23,25). The molecular weight excluding hydrogens is 342 g/mol. The van der Waals surface area contributed by atoms with Crippen LogP contribution in [0.4, 0.5) is 5.69 Å². The predicted octanol–water partition coefficient (Wildman–Crippen LogP) is 2.15. The Bertz CT molecular complexity index is 873. The summed E-state index contributed by atoms with van der Waals surface area (Å²) >= 11 is 0. The van der Waals surface area contributed by atoms with Crippen LogP contribution in [-0.4, -0.2) is 55.3 Å². The molecule has 1 unspecified atom stereocenters. The number of ketones is 1. The number of benzene rings is 2. The van der Waals surface area contributed by atoms with E-state index in [0.29, 0.717) is 30.3 Å². The molecule has 2 aliphatic heterocycles. The number of fused-ring (bicyclic) bond motifs is 1. The van der Waals surface area contributed by atoms with E-state index in [4.69, 9.17) is 4.74 Å². The van der Waals surface area contributed by atoms with Gasteiger partial charge in [-0.2, -0.15) is 0 Å². The molecule has 4 rings (SSSR count). The minimum absolute atomic E-state index is 0.0477. The van der Waals surface area contributed by atoms with Crippen molar-refractivity contribution in [1.29, 1.82) is 0 Å². The van der Waals surface area contributed by atoms with E-state index >= 15 is 0 Å². The predicted molar refractivity (Wildman–Crippen MR) is 102 cm³/mol. The van der Waals surface area contributed by atoms with Crippen LogP contribution < -0.4 is 5.32 Å². The number of nitrogens with one attached hydrogen (secondary N) is 1. The molecule has 0 bridgehead atoms. The van der Waals surface area contributed by atoms with Gasteiger partial charge >= 0.3 is 0 Å². The molecule has 1 saturated heterocycles. The second-order valence-electron chi connectivity index (χ2n) is 6.66. The fourth-order valence-electron chi connectivity index (χ4n) is 3.45. The Kier molecular flexibility index (Phi) is 5.09. The first-order valence-corrected chi connectivity index (χ1v) is 9.09. The van der Waals surface area contributed by atoms with Crippen molar-refractivity contribution in [3.63, 3.8) is 0 Å². The second-order valence-corrected chi connectivity index (χ2v) is 6.66. The number of morpholine rings is 1. The van der Waals surface area contributed by atoms with E-state index in [0.717, 1.165) is 18.7 Å². The highest BCUT2D eigenvalue weighted by Gasteiger charge is 2.33. The molecule has 0 spiro atoms. The summed E-state index contributed by atoms with van der Waals surface area (Å²) in [5.41, 5.74) is 2.00. The van der Waals surface area contributed by atoms with Gasteiger partial charge in [0.05, 0.1) is 25.4 Å². The highest BCUT2D eigenvalue weighted by molar-refractivity contribution is 6.23. The molecule has 27 heavy (non-hydrogen) atoms. The number of para-hydroxylation sites is 1. The molecule has 138 valence electrons. The van der Waals surface area contributed by atoms with Crippen molar-refractivity contribution in [2.45, 2.75) is 5.92 Å². The fraction of sp³-hybridized carbons (Fsp3) is 0.286. The van der Waals surface area contributed by atoms with E-state index in [2.05, 4.69) is 10.3 Å². The summed E-state index contributed by atoms with van der Waals surface area (Å²) < 4.78 is 5.32. The topological polar surface area (TPSA) is 71.0 Å². The summed E-state index contributed by atoms with van der Waals surface area (Å²) in [6.07, 6.45) is 0. The average Bonchev–Trinajstić information content (AvgIpc) is 2.69. The van der Waals surface area contributed by atoms with Crippen molar-refractivity contribution in [1.82, 2.24) is 10.2 Å². The third kappa shape index (κ3) is 3.82. The Morgan fingerprint density at radius 1 is 1.07 bits per heavy atom. The zero-order valence-corrected chi connectivity index (χ0v) is 14.9. The van der Waals surface area contributed by atoms with Crippen molar-refractivity contribution >= 4 is 23.2 Å². The molecule has 2 aromatic carbocycles. The van der Waals surface area contributed by atoms with Gasteiger partial charge < -0.3 is 10.1 Å². The van der Waals surface area contributed by atoms with Crippen molar-refractivity contribution in [2.75, 3.05) is 32.8 Å². The van der Waals surface area contributed by atoms with Crippen molar-refractivity contribution in [3.8, 4) is 0 Å². The van der Waals surface area contributed by atoms with Crippen LogP contribution in [0.15, 0.2) is 59.6 Å². The summed E-state index contributed by atoms with van der Waals surface area (Å²) in [4.78, 5) is 32.4. The van der Waals surface area contributed by atoms with Crippen molar-refractivity contribution in [3.05, 3.63) is 65.7 Å². The molecule has 1 N–H and O–H groups in total. The monoisotopic (exact) mass is 363 g/mol. The molecular formula is C21H21N3O3. The highest BCUT2D eigenvalue weighted by atomic mass is 16.5. The van der Waals surface area contributed by atoms with Crippen LogP contribution in [0.2, 0.25) is 0 Å². The maximum atomic E-state index is 13.1. The van der Waals surface area contributed by atoms with E-state index in [1.54, 1.807) is 12.1 Å². The van der Waals surface area contributed by atoms with E-state index in [-0.39, 0.29) is 18.2 Å². The van der Waals surface area contributed by atoms with Gasteiger partial charge in [-0.1, -0.05) is 42.5 Å². The molecule has 2 heterocycles. The Labute approximate surface area is 157 Å². The molecule has 1 amide bonds. The number of aliphatic imine (C=N–C) groups is 1. The molecule has 2 aromatic rings. The Morgan fingerprint density at radius 3 is 2.56 bits per heavy atom. The summed E-state index contributed by atoms with van der Waals surface area (Å²) in [5.74, 6) is -0.421.